The lowest BCUT2D eigenvalue weighted by Gasteiger charge is -2.26. The SMILES string of the molecule is C=CCC[C@@H](N[S@@](=O)C(C)(C)C)c1c(OC)cnc(F)c1Cl. The first-order valence-corrected chi connectivity index (χ1v) is 8.42. The van der Waals surface area contributed by atoms with Crippen LogP contribution in [0.5, 0.6) is 5.75 Å². The van der Waals surface area contributed by atoms with E-state index in [1.807, 2.05) is 20.8 Å². The number of methoxy groups -OCH3 is 1. The molecule has 0 unspecified atom stereocenters. The smallest absolute Gasteiger partial charge is 0.232 e. The third kappa shape index (κ3) is 4.76. The summed E-state index contributed by atoms with van der Waals surface area (Å²) in [7, 11) is 0.121. The van der Waals surface area contributed by atoms with Crippen LogP contribution >= 0.6 is 11.6 Å². The Hall–Kier alpha value is -0.980. The van der Waals surface area contributed by atoms with Gasteiger partial charge in [-0.15, -0.1) is 6.58 Å². The van der Waals surface area contributed by atoms with E-state index in [2.05, 4.69) is 16.3 Å². The topological polar surface area (TPSA) is 51.2 Å². The van der Waals surface area contributed by atoms with E-state index < -0.39 is 27.7 Å². The number of nitrogens with zero attached hydrogens (tertiary/aromatic N) is 1. The van der Waals surface area contributed by atoms with E-state index in [-0.39, 0.29) is 5.02 Å². The van der Waals surface area contributed by atoms with Crippen molar-refractivity contribution in [3.05, 3.63) is 35.4 Å². The van der Waals surface area contributed by atoms with Gasteiger partial charge in [-0.05, 0) is 33.6 Å². The number of halogens is 2. The second-order valence-electron chi connectivity index (χ2n) is 5.76. The molecule has 0 aromatic carbocycles. The highest BCUT2D eigenvalue weighted by Gasteiger charge is 2.28. The molecule has 1 aromatic heterocycles. The predicted octanol–water partition coefficient (Wildman–Crippen LogP) is 3.94. The van der Waals surface area contributed by atoms with Crippen LogP contribution in [0.15, 0.2) is 18.9 Å². The van der Waals surface area contributed by atoms with Gasteiger partial charge in [0.2, 0.25) is 5.95 Å². The normalized spacial score (nSPS) is 14.5. The maximum atomic E-state index is 13.7. The molecule has 4 nitrogen and oxygen atoms in total. The lowest BCUT2D eigenvalue weighted by Crippen LogP contribution is -2.36. The van der Waals surface area contributed by atoms with Crippen molar-refractivity contribution in [1.82, 2.24) is 9.71 Å². The summed E-state index contributed by atoms with van der Waals surface area (Å²) in [6.07, 6.45) is 4.24. The second kappa shape index (κ2) is 8.04. The van der Waals surface area contributed by atoms with Crippen LogP contribution in [0.4, 0.5) is 4.39 Å². The molecule has 1 heterocycles. The van der Waals surface area contributed by atoms with Gasteiger partial charge in [0.05, 0.1) is 35.1 Å². The van der Waals surface area contributed by atoms with Gasteiger partial charge < -0.3 is 4.74 Å². The third-order valence-electron chi connectivity index (χ3n) is 3.01. The molecule has 1 N–H and O–H groups in total. The minimum atomic E-state index is -1.34. The summed E-state index contributed by atoms with van der Waals surface area (Å²) in [4.78, 5) is 3.55. The maximum absolute atomic E-state index is 13.7. The number of hydrogen-bond donors (Lipinski definition) is 1. The monoisotopic (exact) mass is 348 g/mol. The average molecular weight is 349 g/mol. The van der Waals surface area contributed by atoms with E-state index in [1.165, 1.54) is 13.3 Å². The van der Waals surface area contributed by atoms with Crippen LogP contribution in [-0.2, 0) is 11.0 Å². The van der Waals surface area contributed by atoms with Crippen LogP contribution < -0.4 is 9.46 Å². The van der Waals surface area contributed by atoms with Gasteiger partial charge in [-0.2, -0.15) is 4.39 Å². The minimum Gasteiger partial charge on any atom is -0.495 e. The molecule has 0 aliphatic heterocycles. The molecule has 0 aliphatic rings. The molecule has 2 atom stereocenters. The average Bonchev–Trinajstić information content (AvgIpc) is 2.45. The third-order valence-corrected chi connectivity index (χ3v) is 4.98. The molecule has 0 saturated heterocycles. The van der Waals surface area contributed by atoms with Crippen LogP contribution in [0.25, 0.3) is 0 Å². The van der Waals surface area contributed by atoms with Crippen molar-refractivity contribution >= 4 is 22.6 Å². The summed E-state index contributed by atoms with van der Waals surface area (Å²) in [5.41, 5.74) is 0.427. The van der Waals surface area contributed by atoms with Crippen LogP contribution in [-0.4, -0.2) is 21.0 Å². The Balaban J connectivity index is 3.25. The summed E-state index contributed by atoms with van der Waals surface area (Å²) in [5, 5.41) is -0.119. The summed E-state index contributed by atoms with van der Waals surface area (Å²) < 4.78 is 33.9. The highest BCUT2D eigenvalue weighted by Crippen LogP contribution is 2.35. The molecule has 1 aromatic rings. The van der Waals surface area contributed by atoms with Gasteiger partial charge in [0.15, 0.2) is 0 Å². The van der Waals surface area contributed by atoms with Crippen molar-refractivity contribution in [1.29, 1.82) is 0 Å². The zero-order valence-electron chi connectivity index (χ0n) is 13.3. The Morgan fingerprint density at radius 3 is 2.73 bits per heavy atom. The van der Waals surface area contributed by atoms with E-state index in [4.69, 9.17) is 16.3 Å². The number of aromatic nitrogens is 1. The minimum absolute atomic E-state index is 0.119. The molecule has 22 heavy (non-hydrogen) atoms. The summed E-state index contributed by atoms with van der Waals surface area (Å²) in [5.74, 6) is -0.414. The van der Waals surface area contributed by atoms with Gasteiger partial charge in [-0.25, -0.2) is 13.9 Å². The molecule has 124 valence electrons. The number of pyridine rings is 1. The number of allylic oxidation sites excluding steroid dienone is 1. The Kier molecular flexibility index (Phi) is 6.97. The fourth-order valence-corrected chi connectivity index (χ4v) is 2.92. The van der Waals surface area contributed by atoms with Crippen molar-refractivity contribution in [2.75, 3.05) is 7.11 Å². The first kappa shape index (κ1) is 19.1. The lowest BCUT2D eigenvalue weighted by molar-refractivity contribution is 0.396. The van der Waals surface area contributed by atoms with Crippen LogP contribution in [0.1, 0.15) is 45.2 Å². The predicted molar refractivity (Wildman–Crippen MR) is 89.0 cm³/mol. The summed E-state index contributed by atoms with van der Waals surface area (Å²) >= 11 is 6.07. The Bertz CT molecular complexity index is 561. The fourth-order valence-electron chi connectivity index (χ4n) is 1.80. The van der Waals surface area contributed by atoms with E-state index in [9.17, 15) is 8.60 Å². The summed E-state index contributed by atoms with van der Waals surface area (Å²) in [6.45, 7) is 9.24. The Morgan fingerprint density at radius 1 is 1.59 bits per heavy atom. The lowest BCUT2D eigenvalue weighted by atomic mass is 10.0. The van der Waals surface area contributed by atoms with Gasteiger partial charge >= 0.3 is 0 Å². The van der Waals surface area contributed by atoms with Crippen LogP contribution in [0.3, 0.4) is 0 Å². The van der Waals surface area contributed by atoms with Crippen LogP contribution in [0, 0.1) is 5.95 Å². The highest BCUT2D eigenvalue weighted by atomic mass is 35.5. The first-order valence-electron chi connectivity index (χ1n) is 6.89. The van der Waals surface area contributed by atoms with Crippen molar-refractivity contribution in [2.45, 2.75) is 44.4 Å². The zero-order valence-corrected chi connectivity index (χ0v) is 14.9. The largest absolute Gasteiger partial charge is 0.495 e. The summed E-state index contributed by atoms with van der Waals surface area (Å²) in [6, 6.07) is -0.432. The van der Waals surface area contributed by atoms with Crippen molar-refractivity contribution in [3.8, 4) is 5.75 Å². The van der Waals surface area contributed by atoms with Gasteiger partial charge in [-0.3, -0.25) is 0 Å². The molecule has 7 heteroatoms. The first-order chi connectivity index (χ1) is 10.2. The van der Waals surface area contributed by atoms with E-state index >= 15 is 0 Å². The Morgan fingerprint density at radius 2 is 2.23 bits per heavy atom. The van der Waals surface area contributed by atoms with E-state index in [1.54, 1.807) is 6.08 Å². The number of hydrogen-bond acceptors (Lipinski definition) is 3. The zero-order chi connectivity index (χ0) is 16.9. The molecular weight excluding hydrogens is 327 g/mol. The molecule has 0 saturated carbocycles. The molecule has 0 aliphatic carbocycles. The molecule has 0 bridgehead atoms. The molecular formula is C15H22ClFN2O2S. The molecule has 0 amide bonds. The van der Waals surface area contributed by atoms with Gasteiger partial charge in [0.1, 0.15) is 10.8 Å². The Labute approximate surface area is 138 Å². The van der Waals surface area contributed by atoms with Crippen molar-refractivity contribution in [2.24, 2.45) is 0 Å². The fraction of sp³-hybridized carbons (Fsp3) is 0.533. The van der Waals surface area contributed by atoms with E-state index in [0.717, 1.165) is 0 Å². The van der Waals surface area contributed by atoms with Gasteiger partial charge in [0, 0.05) is 5.56 Å². The molecule has 0 spiro atoms. The van der Waals surface area contributed by atoms with Gasteiger partial charge in [0.25, 0.3) is 0 Å². The molecule has 1 rings (SSSR count). The number of ether oxygens (including phenoxy) is 1. The molecule has 0 radical (unpaired) electrons. The number of rotatable bonds is 7. The quantitative estimate of drug-likeness (QED) is 0.599. The molecule has 0 fully saturated rings. The van der Waals surface area contributed by atoms with Crippen molar-refractivity contribution in [3.63, 3.8) is 0 Å². The number of nitrogens with one attached hydrogen (secondary N) is 1. The highest BCUT2D eigenvalue weighted by molar-refractivity contribution is 7.84. The van der Waals surface area contributed by atoms with Gasteiger partial charge in [-0.1, -0.05) is 17.7 Å². The second-order valence-corrected chi connectivity index (χ2v) is 8.14. The van der Waals surface area contributed by atoms with Crippen LogP contribution in [0.2, 0.25) is 5.02 Å². The van der Waals surface area contributed by atoms with Crippen molar-refractivity contribution < 1.29 is 13.3 Å². The maximum Gasteiger partial charge on any atom is 0.232 e. The van der Waals surface area contributed by atoms with E-state index in [0.29, 0.717) is 24.2 Å². The standard InChI is InChI=1S/C15H22ClFN2O2S/c1-6-7-8-10(19-22(20)15(2,3)4)12-11(21-5)9-18-14(17)13(12)16/h6,9-10,19H,1,7-8H2,2-5H3/t10-,22+/m1/s1.